The molecule has 2 rings (SSSR count). The summed E-state index contributed by atoms with van der Waals surface area (Å²) in [6.07, 6.45) is 0. The Labute approximate surface area is 117 Å². The zero-order valence-corrected chi connectivity index (χ0v) is 11.5. The number of nitro groups is 1. The van der Waals surface area contributed by atoms with Gasteiger partial charge in [0.1, 0.15) is 5.70 Å². The van der Waals surface area contributed by atoms with Crippen molar-refractivity contribution in [1.82, 2.24) is 0 Å². The molecular formula is C16H16N2O2. The molecule has 0 saturated carbocycles. The number of hydrogen-bond donors (Lipinski definition) is 1. The van der Waals surface area contributed by atoms with Gasteiger partial charge in [-0.05, 0) is 26.0 Å². The van der Waals surface area contributed by atoms with Crippen LogP contribution in [0.15, 0.2) is 48.5 Å². The lowest BCUT2D eigenvalue weighted by molar-refractivity contribution is -0.374. The molecule has 0 unspecified atom stereocenters. The number of hydrogen-bond acceptors (Lipinski definition) is 3. The number of aryl methyl sites for hydroxylation is 2. The summed E-state index contributed by atoms with van der Waals surface area (Å²) in [4.78, 5) is 10.9. The first-order chi connectivity index (χ1) is 9.49. The van der Waals surface area contributed by atoms with E-state index in [2.05, 4.69) is 0 Å². The van der Waals surface area contributed by atoms with E-state index in [0.717, 1.165) is 11.1 Å². The van der Waals surface area contributed by atoms with Crippen LogP contribution in [0.1, 0.15) is 22.3 Å². The van der Waals surface area contributed by atoms with E-state index in [1.165, 1.54) is 0 Å². The van der Waals surface area contributed by atoms with Crippen LogP contribution in [0.2, 0.25) is 0 Å². The third-order valence-electron chi connectivity index (χ3n) is 3.13. The molecule has 0 aliphatic heterocycles. The van der Waals surface area contributed by atoms with Gasteiger partial charge in [-0.15, -0.1) is 0 Å². The molecule has 0 aromatic heterocycles. The Kier molecular flexibility index (Phi) is 3.84. The maximum absolute atomic E-state index is 11.3. The van der Waals surface area contributed by atoms with E-state index in [0.29, 0.717) is 11.1 Å². The Bertz CT molecular complexity index is 656. The molecule has 0 fully saturated rings. The fourth-order valence-corrected chi connectivity index (χ4v) is 1.94. The molecule has 0 bridgehead atoms. The Balaban J connectivity index is 2.56. The molecule has 4 nitrogen and oxygen atoms in total. The van der Waals surface area contributed by atoms with Crippen LogP contribution in [0.25, 0.3) is 11.4 Å². The highest BCUT2D eigenvalue weighted by Gasteiger charge is 2.20. The van der Waals surface area contributed by atoms with Gasteiger partial charge in [-0.25, -0.2) is 0 Å². The first-order valence-electron chi connectivity index (χ1n) is 6.27. The second-order valence-electron chi connectivity index (χ2n) is 4.75. The number of nitrogens with two attached hydrogens (primary N) is 1. The third kappa shape index (κ3) is 2.85. The quantitative estimate of drug-likeness (QED) is 0.527. The lowest BCUT2D eigenvalue weighted by Crippen LogP contribution is -2.08. The zero-order valence-electron chi connectivity index (χ0n) is 11.5. The van der Waals surface area contributed by atoms with Crippen LogP contribution >= 0.6 is 0 Å². The van der Waals surface area contributed by atoms with E-state index in [-0.39, 0.29) is 11.4 Å². The number of nitrogens with zero attached hydrogens (tertiary/aromatic N) is 1. The van der Waals surface area contributed by atoms with Crippen molar-refractivity contribution in [2.24, 2.45) is 5.73 Å². The van der Waals surface area contributed by atoms with Crippen LogP contribution in [0.5, 0.6) is 0 Å². The van der Waals surface area contributed by atoms with Crippen molar-refractivity contribution < 1.29 is 4.92 Å². The topological polar surface area (TPSA) is 69.2 Å². The molecule has 102 valence electrons. The summed E-state index contributed by atoms with van der Waals surface area (Å²) in [5.74, 6) is 0. The van der Waals surface area contributed by atoms with E-state index in [9.17, 15) is 10.1 Å². The van der Waals surface area contributed by atoms with Gasteiger partial charge >= 0.3 is 0 Å². The highest BCUT2D eigenvalue weighted by Crippen LogP contribution is 2.23. The molecule has 0 amide bonds. The first-order valence-corrected chi connectivity index (χ1v) is 6.27. The molecule has 0 aliphatic carbocycles. The SMILES string of the molecule is Cc1ccc(C(N)=C(c2ccc(C)cc2)[N+](=O)[O-])cc1. The van der Waals surface area contributed by atoms with Gasteiger partial charge in [0.05, 0.1) is 10.5 Å². The molecule has 0 spiro atoms. The predicted molar refractivity (Wildman–Crippen MR) is 80.4 cm³/mol. The smallest absolute Gasteiger partial charge is 0.299 e. The molecule has 0 heterocycles. The average molecular weight is 268 g/mol. The van der Waals surface area contributed by atoms with Gasteiger partial charge < -0.3 is 5.73 Å². The minimum atomic E-state index is -0.431. The largest absolute Gasteiger partial charge is 0.393 e. The van der Waals surface area contributed by atoms with Gasteiger partial charge in [0.2, 0.25) is 0 Å². The lowest BCUT2D eigenvalue weighted by Gasteiger charge is -2.06. The van der Waals surface area contributed by atoms with Gasteiger partial charge in [-0.3, -0.25) is 10.1 Å². The summed E-state index contributed by atoms with van der Waals surface area (Å²) >= 11 is 0. The highest BCUT2D eigenvalue weighted by molar-refractivity contribution is 5.85. The van der Waals surface area contributed by atoms with E-state index >= 15 is 0 Å². The number of rotatable bonds is 3. The molecule has 0 aliphatic rings. The fourth-order valence-electron chi connectivity index (χ4n) is 1.94. The minimum absolute atomic E-state index is 0.0612. The molecule has 20 heavy (non-hydrogen) atoms. The van der Waals surface area contributed by atoms with Crippen molar-refractivity contribution in [3.63, 3.8) is 0 Å². The van der Waals surface area contributed by atoms with Crippen LogP contribution in [0.3, 0.4) is 0 Å². The Morgan fingerprint density at radius 3 is 1.70 bits per heavy atom. The summed E-state index contributed by atoms with van der Waals surface area (Å²) in [5, 5.41) is 11.3. The Hall–Kier alpha value is -2.62. The first kappa shape index (κ1) is 13.8. The Morgan fingerprint density at radius 1 is 0.900 bits per heavy atom. The van der Waals surface area contributed by atoms with Crippen LogP contribution < -0.4 is 5.73 Å². The van der Waals surface area contributed by atoms with Crippen molar-refractivity contribution in [3.8, 4) is 0 Å². The maximum atomic E-state index is 11.3. The molecule has 2 N–H and O–H groups in total. The monoisotopic (exact) mass is 268 g/mol. The van der Waals surface area contributed by atoms with E-state index in [4.69, 9.17) is 5.73 Å². The fraction of sp³-hybridized carbons (Fsp3) is 0.125. The van der Waals surface area contributed by atoms with Crippen LogP contribution in [-0.4, -0.2) is 4.92 Å². The predicted octanol–water partition coefficient (Wildman–Crippen LogP) is 3.36. The molecule has 4 heteroatoms. The molecule has 0 radical (unpaired) electrons. The summed E-state index contributed by atoms with van der Waals surface area (Å²) in [6.45, 7) is 3.89. The van der Waals surface area contributed by atoms with E-state index < -0.39 is 4.92 Å². The normalized spacial score (nSPS) is 11.9. The molecule has 0 saturated heterocycles. The van der Waals surface area contributed by atoms with E-state index in [1.54, 1.807) is 24.3 Å². The molecule has 2 aromatic carbocycles. The summed E-state index contributed by atoms with van der Waals surface area (Å²) < 4.78 is 0. The van der Waals surface area contributed by atoms with Crippen molar-refractivity contribution >= 4 is 11.4 Å². The molecular weight excluding hydrogens is 252 g/mol. The summed E-state index contributed by atoms with van der Waals surface area (Å²) in [6, 6.07) is 14.5. The highest BCUT2D eigenvalue weighted by atomic mass is 16.6. The van der Waals surface area contributed by atoms with Crippen molar-refractivity contribution in [3.05, 3.63) is 80.9 Å². The van der Waals surface area contributed by atoms with E-state index in [1.807, 2.05) is 38.1 Å². The second-order valence-corrected chi connectivity index (χ2v) is 4.75. The van der Waals surface area contributed by atoms with Gasteiger partial charge in [0.15, 0.2) is 0 Å². The summed E-state index contributed by atoms with van der Waals surface area (Å²) in [5.41, 5.74) is 9.41. The van der Waals surface area contributed by atoms with Crippen molar-refractivity contribution in [2.75, 3.05) is 0 Å². The minimum Gasteiger partial charge on any atom is -0.393 e. The Morgan fingerprint density at radius 2 is 1.30 bits per heavy atom. The van der Waals surface area contributed by atoms with Crippen LogP contribution in [0, 0.1) is 24.0 Å². The molecule has 2 aromatic rings. The second kappa shape index (κ2) is 5.57. The molecule has 0 atom stereocenters. The van der Waals surface area contributed by atoms with Gasteiger partial charge in [-0.2, -0.15) is 0 Å². The zero-order chi connectivity index (χ0) is 14.7. The van der Waals surface area contributed by atoms with Crippen LogP contribution in [0.4, 0.5) is 0 Å². The maximum Gasteiger partial charge on any atom is 0.299 e. The van der Waals surface area contributed by atoms with Crippen molar-refractivity contribution in [2.45, 2.75) is 13.8 Å². The van der Waals surface area contributed by atoms with Gasteiger partial charge in [0, 0.05) is 5.56 Å². The standard InChI is InChI=1S/C16H16N2O2/c1-11-3-7-13(8-4-11)15(17)16(18(19)20)14-9-5-12(2)6-10-14/h3-10H,17H2,1-2H3. The average Bonchev–Trinajstić information content (AvgIpc) is 2.41. The lowest BCUT2D eigenvalue weighted by atomic mass is 10.0. The van der Waals surface area contributed by atoms with Crippen molar-refractivity contribution in [1.29, 1.82) is 0 Å². The number of benzene rings is 2. The summed E-state index contributed by atoms with van der Waals surface area (Å²) in [7, 11) is 0. The van der Waals surface area contributed by atoms with Gasteiger partial charge in [0.25, 0.3) is 5.70 Å². The third-order valence-corrected chi connectivity index (χ3v) is 3.13. The van der Waals surface area contributed by atoms with Gasteiger partial charge in [-0.1, -0.05) is 47.5 Å². The van der Waals surface area contributed by atoms with Crippen LogP contribution in [-0.2, 0) is 0 Å².